The largest absolute Gasteiger partial charge is 0.295 e. The minimum atomic E-state index is 0.115. The van der Waals surface area contributed by atoms with Crippen molar-refractivity contribution in [2.24, 2.45) is 0 Å². The van der Waals surface area contributed by atoms with Crippen LogP contribution in [-0.4, -0.2) is 5.78 Å². The summed E-state index contributed by atoms with van der Waals surface area (Å²) in [6.45, 7) is 5.83. The lowest BCUT2D eigenvalue weighted by atomic mass is 9.89. The van der Waals surface area contributed by atoms with E-state index in [9.17, 15) is 4.79 Å². The Balaban J connectivity index is 1.57. The second-order valence-electron chi connectivity index (χ2n) is 6.61. The smallest absolute Gasteiger partial charge is 0.159 e. The molecule has 2 aromatic rings. The van der Waals surface area contributed by atoms with Crippen LogP contribution in [0.2, 0.25) is 0 Å². The van der Waals surface area contributed by atoms with E-state index in [1.54, 1.807) is 6.92 Å². The summed E-state index contributed by atoms with van der Waals surface area (Å²) in [5.74, 6) is 0.453. The molecule has 0 amide bonds. The first-order valence-electron chi connectivity index (χ1n) is 8.86. The summed E-state index contributed by atoms with van der Waals surface area (Å²) in [6.07, 6.45) is 9.79. The molecule has 0 bridgehead atoms. The van der Waals surface area contributed by atoms with Gasteiger partial charge in [0, 0.05) is 11.5 Å². The third kappa shape index (κ3) is 4.24. The van der Waals surface area contributed by atoms with Crippen molar-refractivity contribution >= 4 is 11.4 Å². The second-order valence-corrected chi connectivity index (χ2v) is 6.61. The highest BCUT2D eigenvalue weighted by atomic mass is 16.1. The zero-order chi connectivity index (χ0) is 17.6. The van der Waals surface area contributed by atoms with Crippen LogP contribution in [0.4, 0.5) is 0 Å². The number of carbonyl (C=O) groups is 1. The number of allylic oxidation sites excluding steroid dienone is 5. The first-order valence-corrected chi connectivity index (χ1v) is 8.86. The molecule has 1 aliphatic carbocycles. The van der Waals surface area contributed by atoms with E-state index in [-0.39, 0.29) is 5.78 Å². The molecule has 0 heterocycles. The van der Waals surface area contributed by atoms with Crippen molar-refractivity contribution in [3.63, 3.8) is 0 Å². The molecule has 3 rings (SSSR count). The lowest BCUT2D eigenvalue weighted by Crippen LogP contribution is -1.99. The van der Waals surface area contributed by atoms with Gasteiger partial charge in [0.1, 0.15) is 0 Å². The Morgan fingerprint density at radius 2 is 1.72 bits per heavy atom. The number of hydrogen-bond acceptors (Lipinski definition) is 1. The number of rotatable bonds is 7. The molecular formula is C24H24O. The van der Waals surface area contributed by atoms with Gasteiger partial charge < -0.3 is 0 Å². The van der Waals surface area contributed by atoms with Crippen molar-refractivity contribution in [1.29, 1.82) is 0 Å². The Labute approximate surface area is 150 Å². The van der Waals surface area contributed by atoms with Gasteiger partial charge in [0.15, 0.2) is 5.78 Å². The fourth-order valence-electron chi connectivity index (χ4n) is 3.33. The highest BCUT2D eigenvalue weighted by Gasteiger charge is 2.17. The number of hydrogen-bond donors (Lipinski definition) is 0. The molecule has 0 aliphatic heterocycles. The molecule has 1 unspecified atom stereocenters. The van der Waals surface area contributed by atoms with Gasteiger partial charge in [0.05, 0.1) is 0 Å². The van der Waals surface area contributed by atoms with E-state index in [2.05, 4.69) is 61.2 Å². The van der Waals surface area contributed by atoms with Crippen LogP contribution in [0.1, 0.15) is 53.6 Å². The Hall–Kier alpha value is -2.67. The molecule has 1 heteroatoms. The van der Waals surface area contributed by atoms with E-state index < -0.39 is 0 Å². The zero-order valence-electron chi connectivity index (χ0n) is 14.7. The van der Waals surface area contributed by atoms with Crippen molar-refractivity contribution in [1.82, 2.24) is 0 Å². The maximum Gasteiger partial charge on any atom is 0.159 e. The van der Waals surface area contributed by atoms with Crippen LogP contribution in [0.3, 0.4) is 0 Å². The van der Waals surface area contributed by atoms with Crippen LogP contribution in [0.15, 0.2) is 85.0 Å². The van der Waals surface area contributed by atoms with Crippen LogP contribution in [0.25, 0.3) is 5.57 Å². The first-order chi connectivity index (χ1) is 12.1. The van der Waals surface area contributed by atoms with E-state index in [0.29, 0.717) is 5.92 Å². The molecule has 0 saturated heterocycles. The van der Waals surface area contributed by atoms with Gasteiger partial charge in [0.25, 0.3) is 0 Å². The Bertz CT molecular complexity index is 807. The molecule has 0 saturated carbocycles. The van der Waals surface area contributed by atoms with Gasteiger partial charge >= 0.3 is 0 Å². The van der Waals surface area contributed by atoms with Gasteiger partial charge in [-0.3, -0.25) is 4.79 Å². The van der Waals surface area contributed by atoms with E-state index in [1.165, 1.54) is 22.3 Å². The van der Waals surface area contributed by atoms with E-state index in [0.717, 1.165) is 24.8 Å². The molecule has 126 valence electrons. The fourth-order valence-corrected chi connectivity index (χ4v) is 3.33. The van der Waals surface area contributed by atoms with Crippen LogP contribution < -0.4 is 0 Å². The van der Waals surface area contributed by atoms with Crippen LogP contribution in [-0.2, 0) is 0 Å². The topological polar surface area (TPSA) is 17.1 Å². The van der Waals surface area contributed by atoms with E-state index in [4.69, 9.17) is 0 Å². The molecule has 0 N–H and O–H groups in total. The molecule has 0 fully saturated rings. The average molecular weight is 328 g/mol. The van der Waals surface area contributed by atoms with Gasteiger partial charge in [-0.2, -0.15) is 0 Å². The fraction of sp³-hybridized carbons (Fsp3) is 0.208. The van der Waals surface area contributed by atoms with E-state index in [1.807, 2.05) is 18.2 Å². The van der Waals surface area contributed by atoms with Gasteiger partial charge in [-0.05, 0) is 42.9 Å². The summed E-state index contributed by atoms with van der Waals surface area (Å²) in [7, 11) is 0. The molecule has 1 nitrogen and oxygen atoms in total. The maximum atomic E-state index is 11.4. The second kappa shape index (κ2) is 7.94. The molecule has 0 spiro atoms. The van der Waals surface area contributed by atoms with Gasteiger partial charge in [-0.15, -0.1) is 0 Å². The quantitative estimate of drug-likeness (QED) is 0.541. The van der Waals surface area contributed by atoms with Gasteiger partial charge in [0.2, 0.25) is 0 Å². The Kier molecular flexibility index (Phi) is 5.45. The summed E-state index contributed by atoms with van der Waals surface area (Å²) in [5.41, 5.74) is 5.91. The summed E-state index contributed by atoms with van der Waals surface area (Å²) >= 11 is 0. The highest BCUT2D eigenvalue weighted by molar-refractivity contribution is 5.94. The highest BCUT2D eigenvalue weighted by Crippen LogP contribution is 2.34. The predicted molar refractivity (Wildman–Crippen MR) is 106 cm³/mol. The number of Topliss-reactive ketones (excluding diaryl/α,β-unsaturated/α-hetero) is 1. The van der Waals surface area contributed by atoms with Gasteiger partial charge in [-0.25, -0.2) is 0 Å². The summed E-state index contributed by atoms with van der Waals surface area (Å²) < 4.78 is 0. The monoisotopic (exact) mass is 328 g/mol. The molecule has 0 radical (unpaired) electrons. The normalized spacial score (nSPS) is 15.9. The van der Waals surface area contributed by atoms with E-state index >= 15 is 0 Å². The Morgan fingerprint density at radius 3 is 2.40 bits per heavy atom. The minimum absolute atomic E-state index is 0.115. The lowest BCUT2D eigenvalue weighted by Gasteiger charge is -2.15. The summed E-state index contributed by atoms with van der Waals surface area (Å²) in [6, 6.07) is 18.4. The van der Waals surface area contributed by atoms with Crippen molar-refractivity contribution in [2.75, 3.05) is 0 Å². The van der Waals surface area contributed by atoms with Crippen LogP contribution in [0.5, 0.6) is 0 Å². The summed E-state index contributed by atoms with van der Waals surface area (Å²) in [4.78, 5) is 11.4. The van der Waals surface area contributed by atoms with Crippen LogP contribution in [0, 0.1) is 0 Å². The maximum absolute atomic E-state index is 11.4. The standard InChI is InChI=1S/C24H24O/c1-18(20-9-4-3-5-10-20)8-6-11-22-12-7-13-24(22)23-16-14-21(15-17-23)19(2)25/h3-5,7,9-10,12-17,24H,1,6,8,11H2,2H3. The lowest BCUT2D eigenvalue weighted by molar-refractivity contribution is 0.101. The number of carbonyl (C=O) groups excluding carboxylic acids is 1. The van der Waals surface area contributed by atoms with Crippen molar-refractivity contribution in [3.8, 4) is 0 Å². The molecular weight excluding hydrogens is 304 g/mol. The van der Waals surface area contributed by atoms with Crippen molar-refractivity contribution < 1.29 is 4.79 Å². The van der Waals surface area contributed by atoms with Gasteiger partial charge in [-0.1, -0.05) is 85.0 Å². The molecule has 1 atom stereocenters. The number of benzene rings is 2. The third-order valence-electron chi connectivity index (χ3n) is 4.82. The molecule has 25 heavy (non-hydrogen) atoms. The van der Waals surface area contributed by atoms with Crippen molar-refractivity contribution in [3.05, 3.63) is 102 Å². The SMILES string of the molecule is C=C(CCCC1=CC=CC1c1ccc(C(C)=O)cc1)c1ccccc1. The number of ketones is 1. The third-order valence-corrected chi connectivity index (χ3v) is 4.82. The first kappa shape index (κ1) is 17.2. The molecule has 1 aliphatic rings. The predicted octanol–water partition coefficient (Wildman–Crippen LogP) is 6.35. The summed E-state index contributed by atoms with van der Waals surface area (Å²) in [5, 5.41) is 0. The Morgan fingerprint density at radius 1 is 1.00 bits per heavy atom. The molecule has 2 aromatic carbocycles. The van der Waals surface area contributed by atoms with Crippen molar-refractivity contribution in [2.45, 2.75) is 32.1 Å². The minimum Gasteiger partial charge on any atom is -0.295 e. The average Bonchev–Trinajstić information content (AvgIpc) is 3.11. The van der Waals surface area contributed by atoms with Crippen LogP contribution >= 0.6 is 0 Å². The zero-order valence-corrected chi connectivity index (χ0v) is 14.7. The molecule has 0 aromatic heterocycles.